The number of ether oxygens (including phenoxy) is 1. The van der Waals surface area contributed by atoms with E-state index in [0.29, 0.717) is 22.3 Å². The third-order valence-electron chi connectivity index (χ3n) is 3.47. The smallest absolute Gasteiger partial charge is 0.276 e. The molecule has 3 rings (SSSR count). The number of hydrogen-bond acceptors (Lipinski definition) is 5. The maximum Gasteiger partial charge on any atom is 0.276 e. The molecule has 0 aliphatic rings. The second-order valence-electron chi connectivity index (χ2n) is 5.42. The lowest BCUT2D eigenvalue weighted by Gasteiger charge is -2.13. The van der Waals surface area contributed by atoms with E-state index in [1.54, 1.807) is 12.1 Å². The predicted molar refractivity (Wildman–Crippen MR) is 104 cm³/mol. The zero-order valence-electron chi connectivity index (χ0n) is 14.2. The molecule has 26 heavy (non-hydrogen) atoms. The highest BCUT2D eigenvalue weighted by molar-refractivity contribution is 7.98. The Hall–Kier alpha value is -2.57. The SMILES string of the molecule is CSc1ncc(Cl)c(C(=O)Nc2ccccc2Oc2cccc(C)c2)n1. The van der Waals surface area contributed by atoms with E-state index in [0.717, 1.165) is 5.56 Å². The van der Waals surface area contributed by atoms with Crippen LogP contribution in [0.5, 0.6) is 11.5 Å². The largest absolute Gasteiger partial charge is 0.455 e. The third kappa shape index (κ3) is 4.33. The lowest BCUT2D eigenvalue weighted by atomic mass is 10.2. The highest BCUT2D eigenvalue weighted by atomic mass is 35.5. The molecule has 132 valence electrons. The van der Waals surface area contributed by atoms with Crippen LogP contribution in [0.4, 0.5) is 5.69 Å². The number of aromatic nitrogens is 2. The summed E-state index contributed by atoms with van der Waals surface area (Å²) >= 11 is 7.41. The summed E-state index contributed by atoms with van der Waals surface area (Å²) in [7, 11) is 0. The first-order chi connectivity index (χ1) is 12.6. The normalized spacial score (nSPS) is 10.4. The summed E-state index contributed by atoms with van der Waals surface area (Å²) in [5, 5.41) is 3.47. The van der Waals surface area contributed by atoms with Crippen molar-refractivity contribution < 1.29 is 9.53 Å². The number of carbonyl (C=O) groups is 1. The number of rotatable bonds is 5. The predicted octanol–water partition coefficient (Wildman–Crippen LogP) is 5.20. The second-order valence-corrected chi connectivity index (χ2v) is 6.60. The van der Waals surface area contributed by atoms with E-state index in [4.69, 9.17) is 16.3 Å². The zero-order valence-corrected chi connectivity index (χ0v) is 15.8. The molecule has 1 aromatic heterocycles. The van der Waals surface area contributed by atoms with Crippen molar-refractivity contribution in [3.63, 3.8) is 0 Å². The first-order valence-corrected chi connectivity index (χ1v) is 9.38. The number of benzene rings is 2. The van der Waals surface area contributed by atoms with Gasteiger partial charge in [-0.3, -0.25) is 4.79 Å². The number of aryl methyl sites for hydroxylation is 1. The van der Waals surface area contributed by atoms with Crippen molar-refractivity contribution in [3.05, 3.63) is 71.0 Å². The number of carbonyl (C=O) groups excluding carboxylic acids is 1. The van der Waals surface area contributed by atoms with Crippen LogP contribution in [0.1, 0.15) is 16.1 Å². The molecule has 3 aromatic rings. The van der Waals surface area contributed by atoms with Crippen molar-refractivity contribution in [1.29, 1.82) is 0 Å². The minimum atomic E-state index is -0.423. The summed E-state index contributed by atoms with van der Waals surface area (Å²) in [5.74, 6) is 0.797. The number of nitrogens with zero attached hydrogens (tertiary/aromatic N) is 2. The molecule has 0 bridgehead atoms. The fourth-order valence-electron chi connectivity index (χ4n) is 2.25. The molecule has 0 spiro atoms. The van der Waals surface area contributed by atoms with Gasteiger partial charge in [0.2, 0.25) is 0 Å². The summed E-state index contributed by atoms with van der Waals surface area (Å²) in [4.78, 5) is 20.8. The molecular weight excluding hydrogens is 370 g/mol. The maximum atomic E-state index is 12.6. The molecule has 0 atom stereocenters. The van der Waals surface area contributed by atoms with Crippen LogP contribution in [0.3, 0.4) is 0 Å². The lowest BCUT2D eigenvalue weighted by Crippen LogP contribution is -2.15. The topological polar surface area (TPSA) is 64.1 Å². The Balaban J connectivity index is 1.85. The number of amides is 1. The van der Waals surface area contributed by atoms with Crippen molar-refractivity contribution in [3.8, 4) is 11.5 Å². The van der Waals surface area contributed by atoms with Gasteiger partial charge in [-0.1, -0.05) is 47.6 Å². The number of anilines is 1. The molecule has 1 N–H and O–H groups in total. The highest BCUT2D eigenvalue weighted by Crippen LogP contribution is 2.30. The number of para-hydroxylation sites is 2. The van der Waals surface area contributed by atoms with E-state index >= 15 is 0 Å². The summed E-state index contributed by atoms with van der Waals surface area (Å²) < 4.78 is 5.92. The van der Waals surface area contributed by atoms with Crippen molar-refractivity contribution in [2.24, 2.45) is 0 Å². The van der Waals surface area contributed by atoms with Crippen LogP contribution in [0.25, 0.3) is 0 Å². The van der Waals surface area contributed by atoms with Crippen molar-refractivity contribution in [2.45, 2.75) is 12.1 Å². The molecule has 1 heterocycles. The van der Waals surface area contributed by atoms with Gasteiger partial charge in [-0.2, -0.15) is 0 Å². The van der Waals surface area contributed by atoms with Gasteiger partial charge in [-0.25, -0.2) is 9.97 Å². The highest BCUT2D eigenvalue weighted by Gasteiger charge is 2.16. The first kappa shape index (κ1) is 18.2. The van der Waals surface area contributed by atoms with E-state index in [1.165, 1.54) is 18.0 Å². The first-order valence-electron chi connectivity index (χ1n) is 7.78. The van der Waals surface area contributed by atoms with E-state index in [2.05, 4.69) is 15.3 Å². The van der Waals surface area contributed by atoms with Gasteiger partial charge in [-0.05, 0) is 43.0 Å². The Morgan fingerprint density at radius 2 is 2.00 bits per heavy atom. The number of halogens is 1. The van der Waals surface area contributed by atoms with E-state index in [1.807, 2.05) is 49.6 Å². The lowest BCUT2D eigenvalue weighted by molar-refractivity contribution is 0.102. The zero-order chi connectivity index (χ0) is 18.5. The average molecular weight is 386 g/mol. The van der Waals surface area contributed by atoms with Gasteiger partial charge in [-0.15, -0.1) is 0 Å². The number of thioether (sulfide) groups is 1. The third-order valence-corrected chi connectivity index (χ3v) is 4.31. The van der Waals surface area contributed by atoms with Gasteiger partial charge < -0.3 is 10.1 Å². The van der Waals surface area contributed by atoms with Crippen molar-refractivity contribution in [1.82, 2.24) is 9.97 Å². The fraction of sp³-hybridized carbons (Fsp3) is 0.105. The van der Waals surface area contributed by atoms with Crippen LogP contribution in [-0.2, 0) is 0 Å². The van der Waals surface area contributed by atoms with Crippen LogP contribution in [0.2, 0.25) is 5.02 Å². The molecule has 0 radical (unpaired) electrons. The Morgan fingerprint density at radius 3 is 2.77 bits per heavy atom. The molecule has 0 aliphatic heterocycles. The van der Waals surface area contributed by atoms with Gasteiger partial charge in [0.1, 0.15) is 5.75 Å². The van der Waals surface area contributed by atoms with Gasteiger partial charge in [0.05, 0.1) is 16.9 Å². The van der Waals surface area contributed by atoms with E-state index in [9.17, 15) is 4.79 Å². The quantitative estimate of drug-likeness (QED) is 0.482. The standard InChI is InChI=1S/C19H16ClN3O2S/c1-12-6-5-7-13(10-12)25-16-9-4-3-8-15(16)22-18(24)17-14(20)11-21-19(23-17)26-2/h3-11H,1-2H3,(H,22,24). The second kappa shape index (κ2) is 8.21. The van der Waals surface area contributed by atoms with Crippen LogP contribution < -0.4 is 10.1 Å². The molecule has 0 saturated heterocycles. The molecule has 2 aromatic carbocycles. The molecule has 0 unspecified atom stereocenters. The summed E-state index contributed by atoms with van der Waals surface area (Å²) in [6.07, 6.45) is 3.25. The van der Waals surface area contributed by atoms with Gasteiger partial charge in [0, 0.05) is 0 Å². The Bertz CT molecular complexity index is 950. The maximum absolute atomic E-state index is 12.6. The van der Waals surface area contributed by atoms with Crippen LogP contribution in [-0.4, -0.2) is 22.1 Å². The van der Waals surface area contributed by atoms with Gasteiger partial charge in [0.25, 0.3) is 5.91 Å². The number of nitrogens with one attached hydrogen (secondary N) is 1. The monoisotopic (exact) mass is 385 g/mol. The molecule has 5 nitrogen and oxygen atoms in total. The Labute approximate surface area is 160 Å². The minimum absolute atomic E-state index is 0.122. The van der Waals surface area contributed by atoms with E-state index in [-0.39, 0.29) is 10.7 Å². The van der Waals surface area contributed by atoms with Gasteiger partial charge in [0.15, 0.2) is 16.6 Å². The summed E-state index contributed by atoms with van der Waals surface area (Å²) in [5.41, 5.74) is 1.73. The van der Waals surface area contributed by atoms with Crippen molar-refractivity contribution >= 4 is 35.0 Å². The van der Waals surface area contributed by atoms with Crippen LogP contribution in [0, 0.1) is 6.92 Å². The summed E-state index contributed by atoms with van der Waals surface area (Å²) in [6.45, 7) is 1.99. The molecule has 1 amide bonds. The molecule has 0 fully saturated rings. The van der Waals surface area contributed by atoms with Crippen LogP contribution in [0.15, 0.2) is 59.9 Å². The number of hydrogen-bond donors (Lipinski definition) is 1. The molecule has 0 saturated carbocycles. The molecule has 7 heteroatoms. The van der Waals surface area contributed by atoms with Crippen molar-refractivity contribution in [2.75, 3.05) is 11.6 Å². The van der Waals surface area contributed by atoms with Gasteiger partial charge >= 0.3 is 0 Å². The molecular formula is C19H16ClN3O2S. The Morgan fingerprint density at radius 1 is 1.19 bits per heavy atom. The Kier molecular flexibility index (Phi) is 5.75. The fourth-order valence-corrected chi connectivity index (χ4v) is 2.77. The molecule has 0 aliphatic carbocycles. The summed E-state index contributed by atoms with van der Waals surface area (Å²) in [6, 6.07) is 14.9. The minimum Gasteiger partial charge on any atom is -0.455 e. The van der Waals surface area contributed by atoms with Crippen LogP contribution >= 0.6 is 23.4 Å². The van der Waals surface area contributed by atoms with E-state index < -0.39 is 5.91 Å². The average Bonchev–Trinajstić information content (AvgIpc) is 2.64.